The molecule has 1 fully saturated rings. The molecule has 0 amide bonds. The molecule has 2 nitrogen and oxygen atoms in total. The summed E-state index contributed by atoms with van der Waals surface area (Å²) in [5.74, 6) is 0.672. The maximum atomic E-state index is 2.53. The summed E-state index contributed by atoms with van der Waals surface area (Å²) in [7, 11) is 0. The molecule has 294 valence electrons. The van der Waals surface area contributed by atoms with E-state index >= 15 is 0 Å². The fourth-order valence-corrected chi connectivity index (χ4v) is 11.1. The van der Waals surface area contributed by atoms with Gasteiger partial charge in [-0.2, -0.15) is 0 Å². The Balaban J connectivity index is 1.11. The summed E-state index contributed by atoms with van der Waals surface area (Å²) in [5.41, 5.74) is 16.3. The second-order valence-corrected chi connectivity index (χ2v) is 18.0. The van der Waals surface area contributed by atoms with Crippen molar-refractivity contribution in [3.05, 3.63) is 205 Å². The Morgan fingerprint density at radius 3 is 2.03 bits per heavy atom. The zero-order chi connectivity index (χ0) is 40.7. The Labute approximate surface area is 358 Å². The summed E-state index contributed by atoms with van der Waals surface area (Å²) in [4.78, 5) is 2.53. The second-order valence-electron chi connectivity index (χ2n) is 18.0. The van der Waals surface area contributed by atoms with E-state index in [0.29, 0.717) is 5.92 Å². The fourth-order valence-electron chi connectivity index (χ4n) is 11.1. The Bertz CT molecular complexity index is 3320. The lowest BCUT2D eigenvalue weighted by Gasteiger charge is -2.30. The average Bonchev–Trinajstić information content (AvgIpc) is 3.77. The number of aromatic nitrogens is 1. The number of para-hydroxylation sites is 2. The minimum Gasteiger partial charge on any atom is -0.310 e. The van der Waals surface area contributed by atoms with Crippen LogP contribution in [0.2, 0.25) is 0 Å². The molecule has 1 heterocycles. The molecule has 0 bridgehead atoms. The van der Waals surface area contributed by atoms with Crippen molar-refractivity contribution in [2.45, 2.75) is 57.3 Å². The van der Waals surface area contributed by atoms with Crippen LogP contribution in [0.1, 0.15) is 68.6 Å². The first-order chi connectivity index (χ1) is 30.0. The van der Waals surface area contributed by atoms with E-state index in [2.05, 4.69) is 211 Å². The standard InChI is InChI=1S/C59H48N2/c1-59(2)53-23-13-11-21-49(53)52-38-47(31-33-54(52)59)60(46-30-27-42-35-41(25-26-43(42)36-46)39-15-5-3-6-16-39)56-34-29-40-17-9-10-20-48(40)58(56)44-28-32-51-50-22-12-14-24-55(50)61(57(51)37-44)45-18-7-4-8-19-45/h4,7-14,17-39H,3,5-6,15-16H2,1-2H3. The highest BCUT2D eigenvalue weighted by molar-refractivity contribution is 6.13. The number of hydrogen-bond acceptors (Lipinski definition) is 1. The van der Waals surface area contributed by atoms with Crippen molar-refractivity contribution in [2.75, 3.05) is 4.90 Å². The fraction of sp³-hybridized carbons (Fsp3) is 0.153. The molecular formula is C59H48N2. The zero-order valence-corrected chi connectivity index (χ0v) is 34.9. The van der Waals surface area contributed by atoms with Crippen LogP contribution in [-0.4, -0.2) is 4.57 Å². The van der Waals surface area contributed by atoms with Crippen molar-refractivity contribution in [1.82, 2.24) is 4.57 Å². The quantitative estimate of drug-likeness (QED) is 0.163. The van der Waals surface area contributed by atoms with Crippen LogP contribution in [0.15, 0.2) is 188 Å². The topological polar surface area (TPSA) is 8.17 Å². The third-order valence-corrected chi connectivity index (χ3v) is 14.1. The van der Waals surface area contributed by atoms with Gasteiger partial charge in [0.1, 0.15) is 0 Å². The molecule has 9 aromatic carbocycles. The van der Waals surface area contributed by atoms with Gasteiger partial charge in [0.05, 0.1) is 16.7 Å². The summed E-state index contributed by atoms with van der Waals surface area (Å²) in [6.45, 7) is 4.73. The molecule has 0 radical (unpaired) electrons. The van der Waals surface area contributed by atoms with Crippen molar-refractivity contribution in [3.63, 3.8) is 0 Å². The van der Waals surface area contributed by atoms with Gasteiger partial charge in [-0.05, 0) is 128 Å². The van der Waals surface area contributed by atoms with Crippen molar-refractivity contribution < 1.29 is 0 Å². The Hall–Kier alpha value is -6.90. The Morgan fingerprint density at radius 2 is 1.15 bits per heavy atom. The van der Waals surface area contributed by atoms with E-state index in [9.17, 15) is 0 Å². The highest BCUT2D eigenvalue weighted by atomic mass is 15.1. The molecule has 61 heavy (non-hydrogen) atoms. The van der Waals surface area contributed by atoms with E-state index in [0.717, 1.165) is 22.7 Å². The first-order valence-corrected chi connectivity index (χ1v) is 22.2. The first kappa shape index (κ1) is 36.0. The molecule has 0 atom stereocenters. The van der Waals surface area contributed by atoms with Crippen LogP contribution in [0, 0.1) is 0 Å². The van der Waals surface area contributed by atoms with Crippen LogP contribution < -0.4 is 4.90 Å². The predicted molar refractivity (Wildman–Crippen MR) is 259 cm³/mol. The SMILES string of the molecule is CC1(C)c2ccccc2-c2cc(N(c3ccc4cc(C5CCCCC5)ccc4c3)c3ccc4ccccc4c3-c3ccc4c5ccccc5n(-c5ccccc5)c4c3)ccc21. The maximum absolute atomic E-state index is 2.53. The molecule has 1 aromatic heterocycles. The van der Waals surface area contributed by atoms with Gasteiger partial charge in [-0.3, -0.25) is 0 Å². The minimum atomic E-state index is -0.0744. The zero-order valence-electron chi connectivity index (χ0n) is 34.9. The molecule has 0 aliphatic heterocycles. The Kier molecular flexibility index (Phi) is 8.32. The van der Waals surface area contributed by atoms with E-state index in [4.69, 9.17) is 0 Å². The van der Waals surface area contributed by atoms with E-state index in [-0.39, 0.29) is 5.41 Å². The molecule has 12 rings (SSSR count). The lowest BCUT2D eigenvalue weighted by atomic mass is 9.82. The van der Waals surface area contributed by atoms with Crippen molar-refractivity contribution in [3.8, 4) is 27.9 Å². The van der Waals surface area contributed by atoms with Crippen molar-refractivity contribution >= 4 is 60.4 Å². The lowest BCUT2D eigenvalue weighted by molar-refractivity contribution is 0.444. The second kappa shape index (κ2) is 14.1. The van der Waals surface area contributed by atoms with Gasteiger partial charge in [0.25, 0.3) is 0 Å². The van der Waals surface area contributed by atoms with E-state index in [1.54, 1.807) is 0 Å². The average molecular weight is 785 g/mol. The van der Waals surface area contributed by atoms with E-state index in [1.807, 2.05) is 0 Å². The van der Waals surface area contributed by atoms with Crippen molar-refractivity contribution in [1.29, 1.82) is 0 Å². The van der Waals surface area contributed by atoms with Crippen LogP contribution in [0.3, 0.4) is 0 Å². The molecule has 2 aliphatic rings. The third kappa shape index (κ3) is 5.76. The molecule has 0 unspecified atom stereocenters. The summed E-state index contributed by atoms with van der Waals surface area (Å²) >= 11 is 0. The van der Waals surface area contributed by atoms with Gasteiger partial charge in [0.15, 0.2) is 0 Å². The minimum absolute atomic E-state index is 0.0744. The first-order valence-electron chi connectivity index (χ1n) is 22.2. The normalized spacial score (nSPS) is 14.8. The Morgan fingerprint density at radius 1 is 0.475 bits per heavy atom. The number of fused-ring (bicyclic) bond motifs is 8. The van der Waals surface area contributed by atoms with E-state index in [1.165, 1.54) is 114 Å². The summed E-state index contributed by atoms with van der Waals surface area (Å²) in [6.07, 6.45) is 6.66. The van der Waals surface area contributed by atoms with Crippen molar-refractivity contribution in [2.24, 2.45) is 0 Å². The van der Waals surface area contributed by atoms with E-state index < -0.39 is 0 Å². The van der Waals surface area contributed by atoms with Crippen LogP contribution in [-0.2, 0) is 5.41 Å². The summed E-state index contributed by atoms with van der Waals surface area (Å²) in [5, 5.41) is 7.56. The summed E-state index contributed by atoms with van der Waals surface area (Å²) in [6, 6.07) is 70.9. The largest absolute Gasteiger partial charge is 0.310 e. The predicted octanol–water partition coefficient (Wildman–Crippen LogP) is 16.6. The highest BCUT2D eigenvalue weighted by Gasteiger charge is 2.36. The molecule has 1 saturated carbocycles. The van der Waals surface area contributed by atoms with Gasteiger partial charge in [-0.15, -0.1) is 0 Å². The number of rotatable bonds is 6. The van der Waals surface area contributed by atoms with Gasteiger partial charge in [-0.1, -0.05) is 167 Å². The number of hydrogen-bond donors (Lipinski definition) is 0. The molecule has 10 aromatic rings. The smallest absolute Gasteiger partial charge is 0.0547 e. The van der Waals surface area contributed by atoms with Gasteiger partial charge in [-0.25, -0.2) is 0 Å². The molecular weight excluding hydrogens is 737 g/mol. The van der Waals surface area contributed by atoms with Crippen LogP contribution in [0.25, 0.3) is 71.3 Å². The number of anilines is 3. The lowest BCUT2D eigenvalue weighted by Crippen LogP contribution is -2.15. The molecule has 2 heteroatoms. The van der Waals surface area contributed by atoms with Gasteiger partial charge < -0.3 is 9.47 Å². The van der Waals surface area contributed by atoms with Crippen LogP contribution >= 0.6 is 0 Å². The number of benzene rings is 9. The van der Waals surface area contributed by atoms with Crippen LogP contribution in [0.5, 0.6) is 0 Å². The maximum Gasteiger partial charge on any atom is 0.0547 e. The third-order valence-electron chi connectivity index (χ3n) is 14.1. The van der Waals surface area contributed by atoms with Gasteiger partial charge >= 0.3 is 0 Å². The molecule has 0 saturated heterocycles. The monoisotopic (exact) mass is 784 g/mol. The molecule has 2 aliphatic carbocycles. The molecule has 0 N–H and O–H groups in total. The highest BCUT2D eigenvalue weighted by Crippen LogP contribution is 2.52. The molecule has 0 spiro atoms. The van der Waals surface area contributed by atoms with Gasteiger partial charge in [0, 0.05) is 38.8 Å². The number of nitrogens with zero attached hydrogens (tertiary/aromatic N) is 2. The van der Waals surface area contributed by atoms with Gasteiger partial charge in [0.2, 0.25) is 0 Å². The van der Waals surface area contributed by atoms with Crippen LogP contribution in [0.4, 0.5) is 17.1 Å². The summed E-state index contributed by atoms with van der Waals surface area (Å²) < 4.78 is 2.43.